The van der Waals surface area contributed by atoms with Gasteiger partial charge in [0.05, 0.1) is 24.1 Å². The van der Waals surface area contributed by atoms with Gasteiger partial charge in [-0.05, 0) is 31.4 Å². The van der Waals surface area contributed by atoms with Gasteiger partial charge in [0, 0.05) is 23.8 Å². The molecule has 2 aliphatic heterocycles. The number of carbonyl (C=O) groups excluding carboxylic acids is 1. The summed E-state index contributed by atoms with van der Waals surface area (Å²) in [5, 5.41) is 13.5. The Morgan fingerprint density at radius 3 is 2.95 bits per heavy atom. The lowest BCUT2D eigenvalue weighted by Crippen LogP contribution is -2.38. The van der Waals surface area contributed by atoms with Gasteiger partial charge >= 0.3 is 5.97 Å². The number of fused-ring (bicyclic) bond motifs is 3. The molecule has 3 unspecified atom stereocenters. The van der Waals surface area contributed by atoms with Crippen molar-refractivity contribution in [1.82, 2.24) is 14.5 Å². The summed E-state index contributed by atoms with van der Waals surface area (Å²) in [5.74, 6) is -1.15. The zero-order valence-corrected chi connectivity index (χ0v) is 12.1. The average Bonchev–Trinajstić information content (AvgIpc) is 3.20. The van der Waals surface area contributed by atoms with Crippen LogP contribution in [-0.4, -0.2) is 43.6 Å². The van der Waals surface area contributed by atoms with Crippen molar-refractivity contribution in [3.05, 3.63) is 36.2 Å². The van der Waals surface area contributed by atoms with E-state index in [1.165, 1.54) is 0 Å². The summed E-state index contributed by atoms with van der Waals surface area (Å²) in [5.41, 5.74) is 1.82. The molecule has 3 atom stereocenters. The van der Waals surface area contributed by atoms with Gasteiger partial charge in [-0.1, -0.05) is 6.07 Å². The fraction of sp³-hybridized carbons (Fsp3) is 0.438. The highest BCUT2D eigenvalue weighted by Crippen LogP contribution is 2.42. The SMILES string of the molecule is O=C(O)C1CC2CCC1N2C(=O)Cc1cnn2ccccc12. The maximum absolute atomic E-state index is 12.7. The van der Waals surface area contributed by atoms with E-state index in [2.05, 4.69) is 5.10 Å². The molecule has 2 bridgehead atoms. The first-order valence-electron chi connectivity index (χ1n) is 7.60. The van der Waals surface area contributed by atoms with Crippen LogP contribution in [0.15, 0.2) is 30.6 Å². The van der Waals surface area contributed by atoms with E-state index >= 15 is 0 Å². The van der Waals surface area contributed by atoms with Gasteiger partial charge in [-0.2, -0.15) is 5.10 Å². The molecule has 2 aliphatic rings. The van der Waals surface area contributed by atoms with Crippen molar-refractivity contribution in [3.63, 3.8) is 0 Å². The van der Waals surface area contributed by atoms with E-state index in [4.69, 9.17) is 0 Å². The van der Waals surface area contributed by atoms with Crippen molar-refractivity contribution in [1.29, 1.82) is 0 Å². The van der Waals surface area contributed by atoms with Crippen LogP contribution in [-0.2, 0) is 16.0 Å². The number of carbonyl (C=O) groups is 2. The first-order valence-corrected chi connectivity index (χ1v) is 7.60. The van der Waals surface area contributed by atoms with Crippen LogP contribution in [0.1, 0.15) is 24.8 Å². The van der Waals surface area contributed by atoms with Crippen LogP contribution in [0.25, 0.3) is 5.52 Å². The number of rotatable bonds is 3. The Bertz CT molecular complexity index is 754. The molecule has 0 spiro atoms. The minimum atomic E-state index is -0.777. The largest absolute Gasteiger partial charge is 0.481 e. The number of aromatic nitrogens is 2. The first kappa shape index (κ1) is 13.3. The number of carboxylic acids is 1. The van der Waals surface area contributed by atoms with Gasteiger partial charge in [0.2, 0.25) is 5.91 Å². The normalized spacial score (nSPS) is 26.7. The van der Waals surface area contributed by atoms with E-state index in [1.807, 2.05) is 29.3 Å². The third-order valence-electron chi connectivity index (χ3n) is 4.99. The molecular weight excluding hydrogens is 282 g/mol. The maximum atomic E-state index is 12.7. The number of aliphatic carboxylic acids is 1. The second-order valence-corrected chi connectivity index (χ2v) is 6.16. The fourth-order valence-electron chi connectivity index (χ4n) is 4.02. The van der Waals surface area contributed by atoms with Crippen molar-refractivity contribution in [2.45, 2.75) is 37.8 Å². The standard InChI is InChI=1S/C16H17N3O3/c20-15(7-10-9-17-18-6-2-1-3-13(10)18)19-11-4-5-14(19)12(8-11)16(21)22/h1-3,6,9,11-12,14H,4-5,7-8H2,(H,21,22). The number of nitrogens with zero attached hydrogens (tertiary/aromatic N) is 3. The average molecular weight is 299 g/mol. The molecule has 4 rings (SSSR count). The summed E-state index contributed by atoms with van der Waals surface area (Å²) in [4.78, 5) is 25.8. The molecule has 6 nitrogen and oxygen atoms in total. The van der Waals surface area contributed by atoms with Crippen LogP contribution in [0.2, 0.25) is 0 Å². The number of carboxylic acid groups (broad SMARTS) is 1. The summed E-state index contributed by atoms with van der Waals surface area (Å²) < 4.78 is 1.75. The molecule has 114 valence electrons. The highest BCUT2D eigenvalue weighted by molar-refractivity contribution is 5.84. The molecule has 1 N–H and O–H groups in total. The number of hydrogen-bond donors (Lipinski definition) is 1. The lowest BCUT2D eigenvalue weighted by molar-refractivity contribution is -0.143. The molecule has 2 aromatic rings. The first-order chi connectivity index (χ1) is 10.6. The van der Waals surface area contributed by atoms with Crippen LogP contribution < -0.4 is 0 Å². The summed E-state index contributed by atoms with van der Waals surface area (Å²) in [6.45, 7) is 0. The van der Waals surface area contributed by atoms with Gasteiger partial charge < -0.3 is 10.0 Å². The molecule has 22 heavy (non-hydrogen) atoms. The Balaban J connectivity index is 1.57. The molecule has 4 heterocycles. The topological polar surface area (TPSA) is 74.9 Å². The van der Waals surface area contributed by atoms with Gasteiger partial charge in [0.15, 0.2) is 0 Å². The third kappa shape index (κ3) is 1.90. The molecule has 1 amide bonds. The molecular formula is C16H17N3O3. The molecule has 0 aromatic carbocycles. The van der Waals surface area contributed by atoms with Gasteiger partial charge in [0.1, 0.15) is 0 Å². The van der Waals surface area contributed by atoms with E-state index in [9.17, 15) is 14.7 Å². The van der Waals surface area contributed by atoms with Gasteiger partial charge in [-0.25, -0.2) is 4.52 Å². The Morgan fingerprint density at radius 2 is 2.18 bits per heavy atom. The molecule has 0 aliphatic carbocycles. The van der Waals surface area contributed by atoms with E-state index in [1.54, 1.807) is 10.7 Å². The quantitative estimate of drug-likeness (QED) is 0.928. The lowest BCUT2D eigenvalue weighted by Gasteiger charge is -2.23. The van der Waals surface area contributed by atoms with Gasteiger partial charge in [-0.15, -0.1) is 0 Å². The van der Waals surface area contributed by atoms with Crippen LogP contribution in [0.5, 0.6) is 0 Å². The minimum absolute atomic E-state index is 0.0232. The minimum Gasteiger partial charge on any atom is -0.481 e. The summed E-state index contributed by atoms with van der Waals surface area (Å²) in [7, 11) is 0. The number of pyridine rings is 1. The van der Waals surface area contributed by atoms with Gasteiger partial charge in [0.25, 0.3) is 0 Å². The smallest absolute Gasteiger partial charge is 0.308 e. The number of amides is 1. The molecule has 2 saturated heterocycles. The predicted octanol–water partition coefficient (Wildman–Crippen LogP) is 1.34. The van der Waals surface area contributed by atoms with Crippen molar-refractivity contribution in [3.8, 4) is 0 Å². The van der Waals surface area contributed by atoms with E-state index in [-0.39, 0.29) is 24.4 Å². The zero-order valence-electron chi connectivity index (χ0n) is 12.1. The Kier molecular flexibility index (Phi) is 2.92. The molecule has 0 radical (unpaired) electrons. The second-order valence-electron chi connectivity index (χ2n) is 6.16. The van der Waals surface area contributed by atoms with Crippen LogP contribution in [0, 0.1) is 5.92 Å². The Hall–Kier alpha value is -2.37. The zero-order chi connectivity index (χ0) is 15.3. The summed E-state index contributed by atoms with van der Waals surface area (Å²) in [6, 6.07) is 5.72. The van der Waals surface area contributed by atoms with Crippen molar-refractivity contribution in [2.75, 3.05) is 0 Å². The molecule has 6 heteroatoms. The second kappa shape index (κ2) is 4.83. The van der Waals surface area contributed by atoms with E-state index < -0.39 is 11.9 Å². The summed E-state index contributed by atoms with van der Waals surface area (Å²) >= 11 is 0. The number of hydrogen-bond acceptors (Lipinski definition) is 3. The highest BCUT2D eigenvalue weighted by Gasteiger charge is 2.51. The van der Waals surface area contributed by atoms with E-state index in [0.29, 0.717) is 6.42 Å². The lowest BCUT2D eigenvalue weighted by atomic mass is 9.89. The molecule has 2 fully saturated rings. The predicted molar refractivity (Wildman–Crippen MR) is 78.3 cm³/mol. The van der Waals surface area contributed by atoms with Crippen LogP contribution in [0.4, 0.5) is 0 Å². The highest BCUT2D eigenvalue weighted by atomic mass is 16.4. The summed E-state index contributed by atoms with van der Waals surface area (Å²) in [6.07, 6.45) is 6.19. The van der Waals surface area contributed by atoms with Crippen molar-refractivity contribution >= 4 is 17.4 Å². The van der Waals surface area contributed by atoms with Crippen molar-refractivity contribution < 1.29 is 14.7 Å². The Labute approximate surface area is 127 Å². The fourth-order valence-corrected chi connectivity index (χ4v) is 4.02. The van der Waals surface area contributed by atoms with Crippen LogP contribution in [0.3, 0.4) is 0 Å². The van der Waals surface area contributed by atoms with Crippen molar-refractivity contribution in [2.24, 2.45) is 5.92 Å². The maximum Gasteiger partial charge on any atom is 0.308 e. The van der Waals surface area contributed by atoms with Gasteiger partial charge in [-0.3, -0.25) is 9.59 Å². The van der Waals surface area contributed by atoms with E-state index in [0.717, 1.165) is 23.9 Å². The van der Waals surface area contributed by atoms with Crippen LogP contribution >= 0.6 is 0 Å². The Morgan fingerprint density at radius 1 is 1.32 bits per heavy atom. The molecule has 2 aromatic heterocycles. The third-order valence-corrected chi connectivity index (χ3v) is 4.99. The molecule has 0 saturated carbocycles. The monoisotopic (exact) mass is 299 g/mol.